The van der Waals surface area contributed by atoms with Crippen LogP contribution in [-0.2, 0) is 0 Å². The van der Waals surface area contributed by atoms with Crippen molar-refractivity contribution in [1.29, 1.82) is 0 Å². The molecule has 0 aromatic heterocycles. The second-order valence-electron chi connectivity index (χ2n) is 7.59. The largest absolute Gasteiger partial charge is 0.390 e. The third-order valence-corrected chi connectivity index (χ3v) is 6.37. The van der Waals surface area contributed by atoms with Crippen molar-refractivity contribution in [3.8, 4) is 0 Å². The first kappa shape index (κ1) is 11.1. The zero-order valence-corrected chi connectivity index (χ0v) is 11.2. The van der Waals surface area contributed by atoms with Crippen LogP contribution in [0, 0.1) is 35.0 Å². The Morgan fingerprint density at radius 1 is 1.00 bits per heavy atom. The summed E-state index contributed by atoms with van der Waals surface area (Å²) in [5.41, 5.74) is 0.191. The van der Waals surface area contributed by atoms with Gasteiger partial charge in [0.2, 0.25) is 0 Å². The first-order valence-electron chi connectivity index (χ1n) is 7.08. The molecule has 6 atom stereocenters. The van der Waals surface area contributed by atoms with Gasteiger partial charge in [0, 0.05) is 0 Å². The molecule has 0 heterocycles. The molecule has 0 aromatic carbocycles. The molecule has 3 rings (SSSR count). The number of rotatable bonds is 0. The van der Waals surface area contributed by atoms with Gasteiger partial charge in [0.05, 0.1) is 5.60 Å². The second-order valence-corrected chi connectivity index (χ2v) is 7.59. The highest BCUT2D eigenvalue weighted by Gasteiger charge is 2.66. The SMILES string of the molecule is C[C@@H]1CC[C@H]2C1[C@H]1[C@@H](CC[C@@]2(C)O)C1(C)C. The van der Waals surface area contributed by atoms with E-state index < -0.39 is 0 Å². The highest BCUT2D eigenvalue weighted by atomic mass is 16.3. The first-order chi connectivity index (χ1) is 7.36. The molecule has 16 heavy (non-hydrogen) atoms. The van der Waals surface area contributed by atoms with Gasteiger partial charge in [0.25, 0.3) is 0 Å². The highest BCUT2D eigenvalue weighted by Crippen LogP contribution is 2.71. The van der Waals surface area contributed by atoms with Gasteiger partial charge in [-0.3, -0.25) is 0 Å². The Kier molecular flexibility index (Phi) is 2.11. The normalized spacial score (nSPS) is 58.7. The van der Waals surface area contributed by atoms with Crippen molar-refractivity contribution < 1.29 is 5.11 Å². The topological polar surface area (TPSA) is 20.2 Å². The van der Waals surface area contributed by atoms with Crippen LogP contribution in [0.1, 0.15) is 53.4 Å². The first-order valence-corrected chi connectivity index (χ1v) is 7.08. The molecule has 3 fully saturated rings. The number of aliphatic hydroxyl groups is 1. The molecule has 1 N–H and O–H groups in total. The van der Waals surface area contributed by atoms with Gasteiger partial charge in [0.1, 0.15) is 0 Å². The van der Waals surface area contributed by atoms with E-state index in [1.807, 2.05) is 0 Å². The van der Waals surface area contributed by atoms with Crippen LogP contribution in [0.15, 0.2) is 0 Å². The molecular formula is C15H26O. The van der Waals surface area contributed by atoms with Crippen LogP contribution in [0.3, 0.4) is 0 Å². The summed E-state index contributed by atoms with van der Waals surface area (Å²) >= 11 is 0. The van der Waals surface area contributed by atoms with Crippen LogP contribution < -0.4 is 0 Å². The van der Waals surface area contributed by atoms with Gasteiger partial charge >= 0.3 is 0 Å². The number of fused-ring (bicyclic) bond motifs is 3. The molecular weight excluding hydrogens is 196 g/mol. The molecule has 3 aliphatic rings. The third kappa shape index (κ3) is 1.27. The van der Waals surface area contributed by atoms with E-state index in [0.717, 1.165) is 30.1 Å². The van der Waals surface area contributed by atoms with Crippen LogP contribution in [0.4, 0.5) is 0 Å². The fourth-order valence-corrected chi connectivity index (χ4v) is 5.29. The van der Waals surface area contributed by atoms with Crippen LogP contribution in [0.2, 0.25) is 0 Å². The van der Waals surface area contributed by atoms with Crippen molar-refractivity contribution in [1.82, 2.24) is 0 Å². The minimum atomic E-state index is -0.376. The molecule has 1 unspecified atom stereocenters. The summed E-state index contributed by atoms with van der Waals surface area (Å²) in [5, 5.41) is 10.7. The van der Waals surface area contributed by atoms with Crippen molar-refractivity contribution in [2.45, 2.75) is 59.0 Å². The average molecular weight is 222 g/mol. The summed E-state index contributed by atoms with van der Waals surface area (Å²) in [6.45, 7) is 9.41. The van der Waals surface area contributed by atoms with E-state index in [1.54, 1.807) is 0 Å². The highest BCUT2D eigenvalue weighted by molar-refractivity contribution is 5.14. The summed E-state index contributed by atoms with van der Waals surface area (Å²) in [6.07, 6.45) is 4.89. The Morgan fingerprint density at radius 2 is 1.69 bits per heavy atom. The molecule has 92 valence electrons. The van der Waals surface area contributed by atoms with E-state index >= 15 is 0 Å². The predicted octanol–water partition coefficient (Wildman–Crippen LogP) is 3.47. The lowest BCUT2D eigenvalue weighted by Gasteiger charge is -2.35. The Balaban J connectivity index is 1.94. The third-order valence-electron chi connectivity index (χ3n) is 6.37. The van der Waals surface area contributed by atoms with Crippen molar-refractivity contribution >= 4 is 0 Å². The maximum atomic E-state index is 10.7. The predicted molar refractivity (Wildman–Crippen MR) is 66.0 cm³/mol. The van der Waals surface area contributed by atoms with E-state index in [1.165, 1.54) is 19.3 Å². The molecule has 0 spiro atoms. The van der Waals surface area contributed by atoms with E-state index in [4.69, 9.17) is 0 Å². The number of hydrogen-bond acceptors (Lipinski definition) is 1. The summed E-state index contributed by atoms with van der Waals surface area (Å²) < 4.78 is 0. The zero-order chi connectivity index (χ0) is 11.7. The van der Waals surface area contributed by atoms with Gasteiger partial charge in [-0.05, 0) is 61.2 Å². The Bertz CT molecular complexity index is 305. The van der Waals surface area contributed by atoms with Gasteiger partial charge < -0.3 is 5.11 Å². The van der Waals surface area contributed by atoms with Crippen LogP contribution in [0.25, 0.3) is 0 Å². The second kappa shape index (κ2) is 3.04. The smallest absolute Gasteiger partial charge is 0.0650 e. The molecule has 3 saturated carbocycles. The van der Waals surface area contributed by atoms with Gasteiger partial charge in [-0.15, -0.1) is 0 Å². The average Bonchev–Trinajstić information content (AvgIpc) is 2.51. The number of hydrogen-bond donors (Lipinski definition) is 1. The summed E-state index contributed by atoms with van der Waals surface area (Å²) in [6, 6.07) is 0. The lowest BCUT2D eigenvalue weighted by Crippen LogP contribution is -2.38. The molecule has 1 nitrogen and oxygen atoms in total. The maximum Gasteiger partial charge on any atom is 0.0650 e. The Morgan fingerprint density at radius 3 is 2.38 bits per heavy atom. The van der Waals surface area contributed by atoms with Gasteiger partial charge in [-0.1, -0.05) is 27.2 Å². The zero-order valence-electron chi connectivity index (χ0n) is 11.2. The molecule has 0 saturated heterocycles. The fraction of sp³-hybridized carbons (Fsp3) is 1.00. The van der Waals surface area contributed by atoms with Gasteiger partial charge in [0.15, 0.2) is 0 Å². The van der Waals surface area contributed by atoms with Gasteiger partial charge in [-0.2, -0.15) is 0 Å². The van der Waals surface area contributed by atoms with Crippen LogP contribution in [-0.4, -0.2) is 10.7 Å². The summed E-state index contributed by atoms with van der Waals surface area (Å²) in [5.74, 6) is 4.03. The van der Waals surface area contributed by atoms with Crippen molar-refractivity contribution in [2.75, 3.05) is 0 Å². The molecule has 3 aliphatic carbocycles. The monoisotopic (exact) mass is 222 g/mol. The lowest BCUT2D eigenvalue weighted by atomic mass is 9.74. The van der Waals surface area contributed by atoms with Crippen LogP contribution >= 0.6 is 0 Å². The minimum absolute atomic E-state index is 0.376. The van der Waals surface area contributed by atoms with E-state index in [2.05, 4.69) is 27.7 Å². The standard InChI is InChI=1S/C15H26O/c1-9-5-6-10-12(9)13-11(14(13,2)3)7-8-15(10,4)16/h9-13,16H,5-8H2,1-4H3/t9-,10+,11-,12?,13-,15-/m1/s1. The Labute approximate surface area is 99.6 Å². The van der Waals surface area contributed by atoms with Gasteiger partial charge in [-0.25, -0.2) is 0 Å². The molecule has 0 bridgehead atoms. The van der Waals surface area contributed by atoms with Crippen molar-refractivity contribution in [3.63, 3.8) is 0 Å². The van der Waals surface area contributed by atoms with E-state index in [9.17, 15) is 5.11 Å². The fourth-order valence-electron chi connectivity index (χ4n) is 5.29. The summed E-state index contributed by atoms with van der Waals surface area (Å²) in [4.78, 5) is 0. The van der Waals surface area contributed by atoms with E-state index in [-0.39, 0.29) is 5.60 Å². The lowest BCUT2D eigenvalue weighted by molar-refractivity contribution is -0.0302. The molecule has 0 radical (unpaired) electrons. The quantitative estimate of drug-likeness (QED) is 0.665. The van der Waals surface area contributed by atoms with Crippen LogP contribution in [0.5, 0.6) is 0 Å². The summed E-state index contributed by atoms with van der Waals surface area (Å²) in [7, 11) is 0. The minimum Gasteiger partial charge on any atom is -0.390 e. The maximum absolute atomic E-state index is 10.7. The Hall–Kier alpha value is -0.0400. The molecule has 0 aromatic rings. The van der Waals surface area contributed by atoms with E-state index in [0.29, 0.717) is 11.3 Å². The molecule has 1 heteroatoms. The molecule has 0 aliphatic heterocycles. The van der Waals surface area contributed by atoms with Crippen molar-refractivity contribution in [2.24, 2.45) is 35.0 Å². The van der Waals surface area contributed by atoms with Crippen molar-refractivity contribution in [3.05, 3.63) is 0 Å². The molecule has 0 amide bonds.